The van der Waals surface area contributed by atoms with Gasteiger partial charge in [0.05, 0.1) is 18.2 Å². The second-order valence-corrected chi connectivity index (χ2v) is 5.54. The summed E-state index contributed by atoms with van der Waals surface area (Å²) in [6, 6.07) is 13.9. The van der Waals surface area contributed by atoms with E-state index in [1.807, 2.05) is 0 Å². The Balaban J connectivity index is 1.76. The van der Waals surface area contributed by atoms with Crippen molar-refractivity contribution in [3.8, 4) is 5.75 Å². The van der Waals surface area contributed by atoms with E-state index >= 15 is 0 Å². The number of nitrogens with one attached hydrogen (secondary N) is 1. The molecule has 0 spiro atoms. The van der Waals surface area contributed by atoms with E-state index < -0.39 is 11.8 Å². The van der Waals surface area contributed by atoms with Crippen LogP contribution < -0.4 is 10.1 Å². The highest BCUT2D eigenvalue weighted by molar-refractivity contribution is 7.80. The monoisotopic (exact) mass is 341 g/mol. The molecule has 1 aliphatic rings. The molecule has 0 saturated carbocycles. The summed E-state index contributed by atoms with van der Waals surface area (Å²) in [6.07, 6.45) is 0. The van der Waals surface area contributed by atoms with E-state index in [9.17, 15) is 9.59 Å². The van der Waals surface area contributed by atoms with Crippen molar-refractivity contribution in [2.75, 3.05) is 19.5 Å². The third-order valence-corrected chi connectivity index (χ3v) is 4.07. The molecule has 3 rings (SSSR count). The number of nitrogens with zero attached hydrogens (tertiary/aromatic N) is 2. The molecule has 2 aromatic carbocycles. The number of benzene rings is 2. The topological polar surface area (TPSA) is 61.9 Å². The van der Waals surface area contributed by atoms with Gasteiger partial charge < -0.3 is 10.1 Å². The van der Waals surface area contributed by atoms with Crippen molar-refractivity contribution >= 4 is 34.8 Å². The second-order valence-electron chi connectivity index (χ2n) is 5.15. The number of rotatable bonds is 3. The number of imide groups is 1. The molecule has 1 N–H and O–H groups in total. The van der Waals surface area contributed by atoms with E-state index in [4.69, 9.17) is 17.0 Å². The minimum atomic E-state index is -0.392. The summed E-state index contributed by atoms with van der Waals surface area (Å²) in [5.41, 5.74) is 1.48. The molecule has 7 heteroatoms. The van der Waals surface area contributed by atoms with Crippen molar-refractivity contribution in [1.82, 2.24) is 10.0 Å². The van der Waals surface area contributed by atoms with Gasteiger partial charge in [-0.1, -0.05) is 12.1 Å². The van der Waals surface area contributed by atoms with Gasteiger partial charge in [0.15, 0.2) is 5.11 Å². The van der Waals surface area contributed by atoms with Crippen LogP contribution >= 0.6 is 12.2 Å². The van der Waals surface area contributed by atoms with Crippen molar-refractivity contribution in [2.24, 2.45) is 0 Å². The molecule has 0 atom stereocenters. The van der Waals surface area contributed by atoms with E-state index in [1.54, 1.807) is 62.7 Å². The number of carbonyl (C=O) groups excluding carboxylic acids is 2. The highest BCUT2D eigenvalue weighted by Gasteiger charge is 2.38. The number of hydrazine groups is 1. The van der Waals surface area contributed by atoms with Gasteiger partial charge in [0.25, 0.3) is 11.8 Å². The van der Waals surface area contributed by atoms with Crippen LogP contribution in [0, 0.1) is 0 Å². The molecule has 1 heterocycles. The number of hydrogen-bond donors (Lipinski definition) is 1. The second kappa shape index (κ2) is 6.29. The van der Waals surface area contributed by atoms with E-state index in [0.717, 1.165) is 16.4 Å². The maximum absolute atomic E-state index is 12.4. The van der Waals surface area contributed by atoms with Gasteiger partial charge in [-0.15, -0.1) is 0 Å². The Morgan fingerprint density at radius 2 is 1.58 bits per heavy atom. The molecule has 0 bridgehead atoms. The molecule has 0 radical (unpaired) electrons. The summed E-state index contributed by atoms with van der Waals surface area (Å²) in [6.45, 7) is 0. The predicted molar refractivity (Wildman–Crippen MR) is 93.9 cm³/mol. The number of fused-ring (bicyclic) bond motifs is 1. The summed E-state index contributed by atoms with van der Waals surface area (Å²) in [5, 5.41) is 5.59. The van der Waals surface area contributed by atoms with Gasteiger partial charge >= 0.3 is 0 Å². The number of amides is 2. The van der Waals surface area contributed by atoms with Crippen LogP contribution in [0.3, 0.4) is 0 Å². The molecule has 6 nitrogen and oxygen atoms in total. The van der Waals surface area contributed by atoms with Crippen LogP contribution in [0.15, 0.2) is 48.5 Å². The maximum Gasteiger partial charge on any atom is 0.280 e. The predicted octanol–water partition coefficient (Wildman–Crippen LogP) is 2.54. The molecule has 2 aromatic rings. The molecule has 0 aromatic heterocycles. The van der Waals surface area contributed by atoms with Crippen molar-refractivity contribution in [3.05, 3.63) is 59.7 Å². The fourth-order valence-corrected chi connectivity index (χ4v) is 2.62. The van der Waals surface area contributed by atoms with E-state index in [2.05, 4.69) is 5.32 Å². The molecule has 0 aliphatic carbocycles. The van der Waals surface area contributed by atoms with Gasteiger partial charge in [0.1, 0.15) is 5.75 Å². The van der Waals surface area contributed by atoms with Crippen molar-refractivity contribution in [2.45, 2.75) is 0 Å². The Bertz CT molecular complexity index is 785. The summed E-state index contributed by atoms with van der Waals surface area (Å²) in [5.74, 6) is -0.0610. The fourth-order valence-electron chi connectivity index (χ4n) is 2.42. The summed E-state index contributed by atoms with van der Waals surface area (Å²) in [4.78, 5) is 24.9. The first-order valence-corrected chi connectivity index (χ1v) is 7.60. The van der Waals surface area contributed by atoms with Crippen LogP contribution in [-0.4, -0.2) is 41.1 Å². The van der Waals surface area contributed by atoms with Crippen LogP contribution in [0.2, 0.25) is 0 Å². The zero-order chi connectivity index (χ0) is 17.3. The van der Waals surface area contributed by atoms with Crippen LogP contribution in [-0.2, 0) is 0 Å². The molecular formula is C17H15N3O3S. The summed E-state index contributed by atoms with van der Waals surface area (Å²) < 4.78 is 5.10. The Kier molecular flexibility index (Phi) is 4.18. The smallest absolute Gasteiger partial charge is 0.280 e. The van der Waals surface area contributed by atoms with E-state index in [1.165, 1.54) is 5.01 Å². The molecule has 0 fully saturated rings. The summed E-state index contributed by atoms with van der Waals surface area (Å²) in [7, 11) is 3.16. The van der Waals surface area contributed by atoms with Gasteiger partial charge in [0.2, 0.25) is 0 Å². The highest BCUT2D eigenvalue weighted by atomic mass is 32.1. The Hall–Kier alpha value is -2.93. The minimum Gasteiger partial charge on any atom is -0.497 e. The molecule has 122 valence electrons. The first-order chi connectivity index (χ1) is 11.5. The van der Waals surface area contributed by atoms with Crippen molar-refractivity contribution in [1.29, 1.82) is 0 Å². The fraction of sp³-hybridized carbons (Fsp3) is 0.118. The van der Waals surface area contributed by atoms with Crippen molar-refractivity contribution in [3.63, 3.8) is 0 Å². The Labute approximate surface area is 144 Å². The zero-order valence-corrected chi connectivity index (χ0v) is 14.0. The zero-order valence-electron chi connectivity index (χ0n) is 13.1. The lowest BCUT2D eigenvalue weighted by atomic mass is 10.1. The standard InChI is InChI=1S/C17H15N3O3S/c1-19(17(24)18-11-7-9-12(23-2)10-8-11)20-15(21)13-5-3-4-6-14(13)16(20)22/h3-10H,1-2H3,(H,18,24). The molecule has 2 amide bonds. The molecule has 24 heavy (non-hydrogen) atoms. The number of ether oxygens (including phenoxy) is 1. The third kappa shape index (κ3) is 2.69. The van der Waals surface area contributed by atoms with E-state index in [-0.39, 0.29) is 5.11 Å². The normalized spacial score (nSPS) is 12.8. The van der Waals surface area contributed by atoms with Crippen LogP contribution in [0.5, 0.6) is 5.75 Å². The van der Waals surface area contributed by atoms with Gasteiger partial charge in [-0.25, -0.2) is 0 Å². The average molecular weight is 341 g/mol. The molecule has 1 aliphatic heterocycles. The van der Waals surface area contributed by atoms with Crippen LogP contribution in [0.25, 0.3) is 0 Å². The van der Waals surface area contributed by atoms with Gasteiger partial charge in [0, 0.05) is 12.7 Å². The number of thiocarbonyl (C=S) groups is 1. The first kappa shape index (κ1) is 15.9. The third-order valence-electron chi connectivity index (χ3n) is 3.71. The quantitative estimate of drug-likeness (QED) is 0.684. The largest absolute Gasteiger partial charge is 0.497 e. The molecule has 0 unspecified atom stereocenters. The van der Waals surface area contributed by atoms with Gasteiger partial charge in [-0.3, -0.25) is 14.6 Å². The first-order valence-electron chi connectivity index (χ1n) is 7.19. The number of anilines is 1. The number of hydrogen-bond acceptors (Lipinski definition) is 4. The van der Waals surface area contributed by atoms with E-state index in [0.29, 0.717) is 11.1 Å². The Morgan fingerprint density at radius 3 is 2.08 bits per heavy atom. The number of carbonyl (C=O) groups is 2. The lowest BCUT2D eigenvalue weighted by molar-refractivity contribution is 0.0366. The van der Waals surface area contributed by atoms with Crippen molar-refractivity contribution < 1.29 is 14.3 Å². The Morgan fingerprint density at radius 1 is 1.04 bits per heavy atom. The number of methoxy groups -OCH3 is 1. The molecular weight excluding hydrogens is 326 g/mol. The maximum atomic E-state index is 12.4. The highest BCUT2D eigenvalue weighted by Crippen LogP contribution is 2.24. The van der Waals surface area contributed by atoms with Crippen LogP contribution in [0.1, 0.15) is 20.7 Å². The van der Waals surface area contributed by atoms with Gasteiger partial charge in [-0.2, -0.15) is 5.01 Å². The lowest BCUT2D eigenvalue weighted by Gasteiger charge is -2.28. The lowest BCUT2D eigenvalue weighted by Crippen LogP contribution is -2.48. The average Bonchev–Trinajstić information content (AvgIpc) is 2.86. The summed E-state index contributed by atoms with van der Waals surface area (Å²) >= 11 is 5.31. The van der Waals surface area contributed by atoms with Gasteiger partial charge in [-0.05, 0) is 48.6 Å². The molecule has 0 saturated heterocycles. The SMILES string of the molecule is COc1ccc(NC(=S)N(C)N2C(=O)c3ccccc3C2=O)cc1. The minimum absolute atomic E-state index is 0.231. The van der Waals surface area contributed by atoms with Crippen LogP contribution in [0.4, 0.5) is 5.69 Å².